The predicted octanol–water partition coefficient (Wildman–Crippen LogP) is 1.48. The number of hydrogen-bond acceptors (Lipinski definition) is 7. The summed E-state index contributed by atoms with van der Waals surface area (Å²) in [6.07, 6.45) is 4.87. The number of hydrogen-bond donors (Lipinski definition) is 1. The molecule has 1 atom stereocenters. The summed E-state index contributed by atoms with van der Waals surface area (Å²) in [5.41, 5.74) is 7.35. The van der Waals surface area contributed by atoms with E-state index in [-0.39, 0.29) is 4.90 Å². The maximum atomic E-state index is 12.9. The first-order chi connectivity index (χ1) is 13.0. The van der Waals surface area contributed by atoms with Gasteiger partial charge in [0.25, 0.3) is 0 Å². The van der Waals surface area contributed by atoms with Gasteiger partial charge in [-0.2, -0.15) is 13.2 Å². The second-order valence-corrected chi connectivity index (χ2v) is 7.94. The van der Waals surface area contributed by atoms with E-state index in [1.165, 1.54) is 23.2 Å². The Morgan fingerprint density at radius 2 is 2.00 bits per heavy atom. The van der Waals surface area contributed by atoms with Crippen molar-refractivity contribution in [3.8, 4) is 17.0 Å². The molecule has 0 bridgehead atoms. The highest BCUT2D eigenvalue weighted by molar-refractivity contribution is 7.85. The number of hydrazine groups is 1. The number of hydrazone groups is 1. The number of pyridine rings is 1. The maximum absolute atomic E-state index is 12.9. The first-order valence-corrected chi connectivity index (χ1v) is 9.97. The number of sulfonamides is 1. The molecule has 142 valence electrons. The number of aromatic nitrogens is 1. The molecule has 0 saturated carbocycles. The number of ether oxygens (including phenoxy) is 1. The molecule has 27 heavy (non-hydrogen) atoms. The van der Waals surface area contributed by atoms with E-state index in [0.29, 0.717) is 28.5 Å². The molecule has 2 N–H and O–H groups in total. The van der Waals surface area contributed by atoms with E-state index in [1.54, 1.807) is 37.6 Å². The van der Waals surface area contributed by atoms with Gasteiger partial charge in [-0.25, -0.2) is 0 Å². The molecular formula is C18H21N4O4S+. The molecule has 2 heterocycles. The minimum absolute atomic E-state index is 0.0183. The Balaban J connectivity index is 1.91. The van der Waals surface area contributed by atoms with Crippen molar-refractivity contribution in [1.82, 2.24) is 9.99 Å². The third-order valence-electron chi connectivity index (χ3n) is 4.47. The highest BCUT2D eigenvalue weighted by Gasteiger charge is 2.39. The summed E-state index contributed by atoms with van der Waals surface area (Å²) >= 11 is 0. The minimum Gasteiger partial charge on any atom is -0.497 e. The Morgan fingerprint density at radius 3 is 2.63 bits per heavy atom. The van der Waals surface area contributed by atoms with Gasteiger partial charge in [-0.05, 0) is 37.5 Å². The monoisotopic (exact) mass is 389 g/mol. The zero-order chi connectivity index (χ0) is 19.4. The fourth-order valence-electron chi connectivity index (χ4n) is 3.00. The molecule has 1 unspecified atom stereocenters. The Kier molecular flexibility index (Phi) is 5.55. The van der Waals surface area contributed by atoms with Crippen LogP contribution in [-0.2, 0) is 14.8 Å². The minimum atomic E-state index is -4.08. The van der Waals surface area contributed by atoms with Gasteiger partial charge in [0.05, 0.1) is 23.4 Å². The highest BCUT2D eigenvalue weighted by Crippen LogP contribution is 2.24. The first kappa shape index (κ1) is 19.0. The summed E-state index contributed by atoms with van der Waals surface area (Å²) in [5, 5.41) is 1.35. The maximum Gasteiger partial charge on any atom is 0.476 e. The van der Waals surface area contributed by atoms with Crippen molar-refractivity contribution >= 4 is 16.1 Å². The van der Waals surface area contributed by atoms with Crippen LogP contribution in [0.15, 0.2) is 47.5 Å². The largest absolute Gasteiger partial charge is 0.497 e. The second kappa shape index (κ2) is 7.87. The Bertz CT molecular complexity index is 969. The van der Waals surface area contributed by atoms with Gasteiger partial charge in [0, 0.05) is 17.8 Å². The fourth-order valence-corrected chi connectivity index (χ4v) is 4.26. The summed E-state index contributed by atoms with van der Waals surface area (Å²) in [6.45, 7) is 0.390. The van der Waals surface area contributed by atoms with Gasteiger partial charge < -0.3 is 10.5 Å². The summed E-state index contributed by atoms with van der Waals surface area (Å²) < 4.78 is 31.5. The lowest BCUT2D eigenvalue weighted by atomic mass is 10.1. The molecule has 2 aromatic rings. The van der Waals surface area contributed by atoms with Crippen LogP contribution in [0.1, 0.15) is 19.3 Å². The Morgan fingerprint density at radius 1 is 1.26 bits per heavy atom. The third kappa shape index (κ3) is 3.85. The summed E-state index contributed by atoms with van der Waals surface area (Å²) in [4.78, 5) is 15.7. The van der Waals surface area contributed by atoms with Crippen LogP contribution in [0.2, 0.25) is 0 Å². The average molecular weight is 389 g/mol. The topological polar surface area (TPSA) is 106 Å². The SMILES string of the molecule is COc1ccnc(-c2ccc(S(=O)(=O)[N+](=C=O)N3CCCCC3N)cc2)c1. The zero-order valence-corrected chi connectivity index (χ0v) is 15.7. The number of methoxy groups -OCH3 is 1. The number of carbonyl (C=O) groups excluding carboxylic acids is 1. The van der Waals surface area contributed by atoms with E-state index in [9.17, 15) is 13.2 Å². The molecule has 0 radical (unpaired) electrons. The molecule has 8 nitrogen and oxygen atoms in total. The molecule has 0 spiro atoms. The molecule has 1 aromatic heterocycles. The summed E-state index contributed by atoms with van der Waals surface area (Å²) in [6, 6.07) is 9.61. The summed E-state index contributed by atoms with van der Waals surface area (Å²) in [7, 11) is -2.52. The van der Waals surface area contributed by atoms with Crippen LogP contribution in [-0.4, -0.2) is 48.4 Å². The highest BCUT2D eigenvalue weighted by atomic mass is 32.2. The van der Waals surface area contributed by atoms with Gasteiger partial charge in [-0.1, -0.05) is 12.1 Å². The van der Waals surface area contributed by atoms with Crippen molar-refractivity contribution in [3.63, 3.8) is 0 Å². The predicted molar refractivity (Wildman–Crippen MR) is 97.9 cm³/mol. The van der Waals surface area contributed by atoms with Crippen molar-refractivity contribution < 1.29 is 22.0 Å². The number of nitrogens with two attached hydrogens (primary N) is 1. The average Bonchev–Trinajstić information content (AvgIpc) is 2.70. The van der Waals surface area contributed by atoms with Crippen LogP contribution in [0, 0.1) is 0 Å². The zero-order valence-electron chi connectivity index (χ0n) is 14.9. The molecule has 1 saturated heterocycles. The Labute approximate surface area is 157 Å². The van der Waals surface area contributed by atoms with Crippen molar-refractivity contribution in [2.24, 2.45) is 5.73 Å². The van der Waals surface area contributed by atoms with Crippen molar-refractivity contribution in [1.29, 1.82) is 0 Å². The number of benzene rings is 1. The number of nitrogens with zero attached hydrogens (tertiary/aromatic N) is 3. The van der Waals surface area contributed by atoms with Gasteiger partial charge in [0.2, 0.25) is 0 Å². The van der Waals surface area contributed by atoms with E-state index >= 15 is 0 Å². The van der Waals surface area contributed by atoms with Gasteiger partial charge in [0.15, 0.2) is 0 Å². The number of rotatable bonds is 5. The smallest absolute Gasteiger partial charge is 0.476 e. The Hall–Kier alpha value is -2.74. The van der Waals surface area contributed by atoms with Crippen LogP contribution in [0.5, 0.6) is 5.75 Å². The van der Waals surface area contributed by atoms with E-state index < -0.39 is 16.2 Å². The molecule has 1 fully saturated rings. The number of piperidine rings is 1. The molecular weight excluding hydrogens is 368 g/mol. The van der Waals surface area contributed by atoms with E-state index in [2.05, 4.69) is 4.98 Å². The van der Waals surface area contributed by atoms with Gasteiger partial charge in [0.1, 0.15) is 16.8 Å². The molecule has 0 amide bonds. The van der Waals surface area contributed by atoms with Crippen LogP contribution in [0.4, 0.5) is 0 Å². The van der Waals surface area contributed by atoms with Gasteiger partial charge in [-0.3, -0.25) is 4.98 Å². The quantitative estimate of drug-likeness (QED) is 0.469. The molecule has 1 aromatic carbocycles. The first-order valence-electron chi connectivity index (χ1n) is 8.53. The van der Waals surface area contributed by atoms with Crippen molar-refractivity contribution in [2.45, 2.75) is 30.3 Å². The van der Waals surface area contributed by atoms with Crippen LogP contribution in [0.25, 0.3) is 11.3 Å². The molecule has 9 heteroatoms. The third-order valence-corrected chi connectivity index (χ3v) is 6.08. The lowest BCUT2D eigenvalue weighted by Crippen LogP contribution is -2.52. The fraction of sp³-hybridized carbons (Fsp3) is 0.333. The molecule has 3 rings (SSSR count). The normalized spacial score (nSPS) is 17.3. The van der Waals surface area contributed by atoms with E-state index in [1.807, 2.05) is 0 Å². The molecule has 1 aliphatic rings. The van der Waals surface area contributed by atoms with Gasteiger partial charge >= 0.3 is 16.1 Å². The van der Waals surface area contributed by atoms with Crippen LogP contribution in [0.3, 0.4) is 0 Å². The van der Waals surface area contributed by atoms with Crippen molar-refractivity contribution in [2.75, 3.05) is 13.7 Å². The van der Waals surface area contributed by atoms with E-state index in [4.69, 9.17) is 10.5 Å². The molecule has 0 aliphatic carbocycles. The van der Waals surface area contributed by atoms with Crippen molar-refractivity contribution in [3.05, 3.63) is 42.6 Å². The lowest BCUT2D eigenvalue weighted by molar-refractivity contribution is -0.576. The van der Waals surface area contributed by atoms with Gasteiger partial charge in [-0.15, -0.1) is 5.01 Å². The van der Waals surface area contributed by atoms with E-state index in [0.717, 1.165) is 18.4 Å². The van der Waals surface area contributed by atoms with Crippen LogP contribution >= 0.6 is 0 Å². The lowest BCUT2D eigenvalue weighted by Gasteiger charge is -2.27. The number of isocyanates is 1. The second-order valence-electron chi connectivity index (χ2n) is 6.17. The van der Waals surface area contributed by atoms with Crippen LogP contribution < -0.4 is 10.5 Å². The summed E-state index contributed by atoms with van der Waals surface area (Å²) in [5.74, 6) is 0.650. The molecule has 1 aliphatic heterocycles. The standard InChI is InChI=1S/C18H21N4O4S/c1-26-15-9-10-20-17(12-15)14-5-7-16(8-6-14)27(24,25)22(13-23)21-11-3-2-4-18(21)19/h5-10,12,18H,2-4,11,19H2,1H3/q+1.